The highest BCUT2D eigenvalue weighted by Crippen LogP contribution is 2.45. The van der Waals surface area contributed by atoms with Crippen LogP contribution in [0.25, 0.3) is 10.8 Å². The van der Waals surface area contributed by atoms with Gasteiger partial charge >= 0.3 is 0 Å². The molecule has 0 aliphatic carbocycles. The molecule has 1 aromatic heterocycles. The Morgan fingerprint density at radius 2 is 1.82 bits per heavy atom. The Hall–Kier alpha value is -2.79. The van der Waals surface area contributed by atoms with Gasteiger partial charge in [0, 0.05) is 43.1 Å². The lowest BCUT2D eigenvalue weighted by Gasteiger charge is -2.46. The van der Waals surface area contributed by atoms with Crippen molar-refractivity contribution in [2.45, 2.75) is 62.4 Å². The normalized spacial score (nSPS) is 26.0. The molecule has 4 nitrogen and oxygen atoms in total. The molecule has 0 radical (unpaired) electrons. The van der Waals surface area contributed by atoms with Crippen molar-refractivity contribution in [3.05, 3.63) is 77.9 Å². The molecule has 3 aliphatic rings. The van der Waals surface area contributed by atoms with Crippen LogP contribution in [-0.2, 0) is 21.4 Å². The molecule has 3 saturated heterocycles. The van der Waals surface area contributed by atoms with E-state index in [9.17, 15) is 9.18 Å². The average molecular weight is 459 g/mol. The second kappa shape index (κ2) is 8.77. The number of ether oxygens (including phenoxy) is 1. The van der Waals surface area contributed by atoms with Gasteiger partial charge < -0.3 is 9.64 Å². The fourth-order valence-corrected chi connectivity index (χ4v) is 6.76. The number of nitrogens with zero attached hydrogens (tertiary/aromatic N) is 2. The van der Waals surface area contributed by atoms with E-state index >= 15 is 0 Å². The summed E-state index contributed by atoms with van der Waals surface area (Å²) in [6, 6.07) is 16.0. The minimum atomic E-state index is -0.666. The summed E-state index contributed by atoms with van der Waals surface area (Å²) in [6.45, 7) is 1.09. The molecule has 34 heavy (non-hydrogen) atoms. The average Bonchev–Trinajstić information content (AvgIpc) is 3.13. The number of fused-ring (bicyclic) bond motifs is 3. The number of piperidine rings is 1. The van der Waals surface area contributed by atoms with E-state index < -0.39 is 5.41 Å². The molecular weight excluding hydrogens is 427 g/mol. The maximum absolute atomic E-state index is 14.2. The number of aromatic nitrogens is 1. The largest absolute Gasteiger partial charge is 0.381 e. The Bertz CT molecular complexity index is 1190. The van der Waals surface area contributed by atoms with Crippen molar-refractivity contribution >= 4 is 16.7 Å². The predicted octanol–water partition coefficient (Wildman–Crippen LogP) is 5.43. The number of hydrogen-bond donors (Lipinski definition) is 0. The third kappa shape index (κ3) is 3.80. The maximum Gasteiger partial charge on any atom is 0.233 e. The third-order valence-corrected chi connectivity index (χ3v) is 8.43. The molecule has 2 unspecified atom stereocenters. The molecule has 5 heteroatoms. The van der Waals surface area contributed by atoms with Crippen LogP contribution in [0.3, 0.4) is 0 Å². The smallest absolute Gasteiger partial charge is 0.233 e. The zero-order valence-electron chi connectivity index (χ0n) is 19.5. The van der Waals surface area contributed by atoms with Gasteiger partial charge in [0.25, 0.3) is 0 Å². The third-order valence-electron chi connectivity index (χ3n) is 8.43. The van der Waals surface area contributed by atoms with Gasteiger partial charge in [0.15, 0.2) is 0 Å². The predicted molar refractivity (Wildman–Crippen MR) is 130 cm³/mol. The van der Waals surface area contributed by atoms with Crippen molar-refractivity contribution in [3.8, 4) is 0 Å². The number of carbonyl (C=O) groups is 1. The minimum absolute atomic E-state index is 0.200. The van der Waals surface area contributed by atoms with E-state index in [0.717, 1.165) is 37.7 Å². The first kappa shape index (κ1) is 21.7. The maximum atomic E-state index is 14.2. The van der Waals surface area contributed by atoms with Crippen LogP contribution in [-0.4, -0.2) is 41.1 Å². The van der Waals surface area contributed by atoms with Crippen LogP contribution in [0, 0.1) is 11.7 Å². The minimum Gasteiger partial charge on any atom is -0.381 e. The van der Waals surface area contributed by atoms with Gasteiger partial charge in [-0.2, -0.15) is 0 Å². The highest BCUT2D eigenvalue weighted by molar-refractivity contribution is 5.89. The molecule has 6 rings (SSSR count). The zero-order valence-corrected chi connectivity index (χ0v) is 19.5. The Labute approximate surface area is 200 Å². The summed E-state index contributed by atoms with van der Waals surface area (Å²) in [5.74, 6) is 0.509. The number of amides is 1. The van der Waals surface area contributed by atoms with Gasteiger partial charge in [0.1, 0.15) is 5.82 Å². The van der Waals surface area contributed by atoms with Crippen molar-refractivity contribution in [1.82, 2.24) is 9.88 Å². The van der Waals surface area contributed by atoms with E-state index in [1.54, 1.807) is 12.1 Å². The van der Waals surface area contributed by atoms with Crippen molar-refractivity contribution in [3.63, 3.8) is 0 Å². The number of carbonyl (C=O) groups excluding carboxylic acids is 1. The second-order valence-electron chi connectivity index (χ2n) is 10.4. The van der Waals surface area contributed by atoms with Gasteiger partial charge in [-0.25, -0.2) is 4.39 Å². The molecule has 2 atom stereocenters. The molecule has 0 saturated carbocycles. The summed E-state index contributed by atoms with van der Waals surface area (Å²) in [4.78, 5) is 20.6. The molecule has 0 spiro atoms. The standard InChI is InChI=1S/C29H31FN2O2/c30-25-3-1-2-24(18-25)29(9-12-34-13-10-29)28(33)32-26-6-7-27(32)17-21(16-26)14-20-4-5-23-19-31-11-8-22(23)15-20/h1-5,8,11,15,18-19,21,26-27H,6-7,9-10,12-14,16-17H2. The van der Waals surface area contributed by atoms with Crippen LogP contribution in [0.4, 0.5) is 4.39 Å². The highest BCUT2D eigenvalue weighted by Gasteiger charge is 2.51. The topological polar surface area (TPSA) is 42.4 Å². The summed E-state index contributed by atoms with van der Waals surface area (Å²) < 4.78 is 19.8. The number of hydrogen-bond acceptors (Lipinski definition) is 3. The Kier molecular flexibility index (Phi) is 5.60. The molecule has 3 aromatic rings. The molecule has 0 N–H and O–H groups in total. The molecule has 3 fully saturated rings. The van der Waals surface area contributed by atoms with Crippen LogP contribution in [0.1, 0.15) is 49.7 Å². The van der Waals surface area contributed by atoms with E-state index in [2.05, 4.69) is 34.1 Å². The van der Waals surface area contributed by atoms with Gasteiger partial charge in [0.2, 0.25) is 5.91 Å². The van der Waals surface area contributed by atoms with E-state index in [1.165, 1.54) is 22.4 Å². The Balaban J connectivity index is 1.23. The molecule has 2 bridgehead atoms. The monoisotopic (exact) mass is 458 g/mol. The van der Waals surface area contributed by atoms with E-state index in [1.807, 2.05) is 18.5 Å². The number of pyridine rings is 1. The van der Waals surface area contributed by atoms with Crippen molar-refractivity contribution in [1.29, 1.82) is 0 Å². The Morgan fingerprint density at radius 1 is 1.03 bits per heavy atom. The molecule has 2 aromatic carbocycles. The van der Waals surface area contributed by atoms with Crippen molar-refractivity contribution < 1.29 is 13.9 Å². The summed E-state index contributed by atoms with van der Waals surface area (Å²) in [7, 11) is 0. The molecular formula is C29H31FN2O2. The summed E-state index contributed by atoms with van der Waals surface area (Å²) >= 11 is 0. The fraction of sp³-hybridized carbons (Fsp3) is 0.448. The van der Waals surface area contributed by atoms with Crippen LogP contribution in [0.5, 0.6) is 0 Å². The second-order valence-corrected chi connectivity index (χ2v) is 10.4. The van der Waals surface area contributed by atoms with E-state index in [-0.39, 0.29) is 23.8 Å². The zero-order chi connectivity index (χ0) is 23.1. The van der Waals surface area contributed by atoms with Crippen LogP contribution >= 0.6 is 0 Å². The number of benzene rings is 2. The first-order chi connectivity index (χ1) is 16.6. The quantitative estimate of drug-likeness (QED) is 0.523. The van der Waals surface area contributed by atoms with Crippen molar-refractivity contribution in [2.24, 2.45) is 5.92 Å². The fourth-order valence-electron chi connectivity index (χ4n) is 6.76. The lowest BCUT2D eigenvalue weighted by atomic mass is 9.72. The molecule has 176 valence electrons. The van der Waals surface area contributed by atoms with Crippen LogP contribution in [0.15, 0.2) is 60.9 Å². The molecule has 1 amide bonds. The van der Waals surface area contributed by atoms with Gasteiger partial charge in [-0.1, -0.05) is 30.3 Å². The number of rotatable bonds is 4. The summed E-state index contributed by atoms with van der Waals surface area (Å²) in [5, 5.41) is 2.41. The van der Waals surface area contributed by atoms with E-state index in [0.29, 0.717) is 32.0 Å². The van der Waals surface area contributed by atoms with Crippen molar-refractivity contribution in [2.75, 3.05) is 13.2 Å². The molecule has 4 heterocycles. The molecule has 3 aliphatic heterocycles. The lowest BCUT2D eigenvalue weighted by molar-refractivity contribution is -0.146. The first-order valence-electron chi connectivity index (χ1n) is 12.6. The van der Waals surface area contributed by atoms with Crippen LogP contribution < -0.4 is 0 Å². The number of halogens is 1. The lowest BCUT2D eigenvalue weighted by Crippen LogP contribution is -2.56. The summed E-state index contributed by atoms with van der Waals surface area (Å²) in [6.07, 6.45) is 10.3. The van der Waals surface area contributed by atoms with Gasteiger partial charge in [-0.15, -0.1) is 0 Å². The first-order valence-corrected chi connectivity index (χ1v) is 12.6. The SMILES string of the molecule is O=C(N1C2CCC1CC(Cc1ccc3cnccc3c1)C2)C1(c2cccc(F)c2)CCOCC1. The highest BCUT2D eigenvalue weighted by atomic mass is 19.1. The van der Waals surface area contributed by atoms with Crippen LogP contribution in [0.2, 0.25) is 0 Å². The summed E-state index contributed by atoms with van der Waals surface area (Å²) in [5.41, 5.74) is 1.51. The van der Waals surface area contributed by atoms with Gasteiger partial charge in [0.05, 0.1) is 5.41 Å². The van der Waals surface area contributed by atoms with Gasteiger partial charge in [-0.3, -0.25) is 9.78 Å². The van der Waals surface area contributed by atoms with E-state index in [4.69, 9.17) is 4.74 Å². The van der Waals surface area contributed by atoms with Gasteiger partial charge in [-0.05, 0) is 85.6 Å². The Morgan fingerprint density at radius 3 is 2.59 bits per heavy atom.